The minimum Gasteiger partial charge on any atom is -0.496 e. The van der Waals surface area contributed by atoms with E-state index in [1.54, 1.807) is 55.6 Å². The molecule has 1 N–H and O–H groups in total. The maximum Gasteiger partial charge on any atom is 0.264 e. The molecular weight excluding hydrogens is 438 g/mol. The number of carbonyl (C=O) groups is 1. The van der Waals surface area contributed by atoms with Gasteiger partial charge in [-0.2, -0.15) is 5.10 Å². The number of carbonyl (C=O) groups excluding carboxylic acids is 1. The van der Waals surface area contributed by atoms with Crippen LogP contribution in [0.25, 0.3) is 0 Å². The van der Waals surface area contributed by atoms with Crippen LogP contribution in [0.2, 0.25) is 0 Å². The van der Waals surface area contributed by atoms with Gasteiger partial charge in [-0.1, -0.05) is 55.0 Å². The van der Waals surface area contributed by atoms with Crippen LogP contribution in [0.4, 0.5) is 5.69 Å². The van der Waals surface area contributed by atoms with E-state index in [1.807, 2.05) is 38.1 Å². The molecule has 0 bridgehead atoms. The second-order valence-corrected chi connectivity index (χ2v) is 9.20. The highest BCUT2D eigenvalue weighted by Gasteiger charge is 2.28. The number of rotatable bonds is 9. The number of anilines is 1. The SMILES string of the molecule is CCc1ccccc1N(CC(=O)N/N=C\c1ccccc1OC)S(=O)(=O)c1ccc(C)cc1. The molecule has 3 aromatic carbocycles. The molecule has 0 saturated carbocycles. The smallest absolute Gasteiger partial charge is 0.264 e. The molecular formula is C25H27N3O4S. The number of nitrogens with one attached hydrogen (secondary N) is 1. The van der Waals surface area contributed by atoms with Gasteiger partial charge in [0, 0.05) is 5.56 Å². The highest BCUT2D eigenvalue weighted by atomic mass is 32.2. The Bertz CT molecular complexity index is 1240. The van der Waals surface area contributed by atoms with Gasteiger partial charge in [0.25, 0.3) is 15.9 Å². The molecule has 0 atom stereocenters. The molecule has 0 heterocycles. The molecule has 8 heteroatoms. The topological polar surface area (TPSA) is 88.1 Å². The molecule has 0 saturated heterocycles. The van der Waals surface area contributed by atoms with Gasteiger partial charge in [-0.3, -0.25) is 9.10 Å². The molecule has 0 radical (unpaired) electrons. The lowest BCUT2D eigenvalue weighted by atomic mass is 10.1. The van der Waals surface area contributed by atoms with Crippen molar-refractivity contribution in [2.24, 2.45) is 5.10 Å². The van der Waals surface area contributed by atoms with Crippen molar-refractivity contribution in [2.75, 3.05) is 18.0 Å². The van der Waals surface area contributed by atoms with Crippen LogP contribution in [-0.4, -0.2) is 34.2 Å². The van der Waals surface area contributed by atoms with E-state index in [-0.39, 0.29) is 4.90 Å². The zero-order valence-corrected chi connectivity index (χ0v) is 19.7. The van der Waals surface area contributed by atoms with Crippen LogP contribution in [0, 0.1) is 6.92 Å². The van der Waals surface area contributed by atoms with Crippen LogP contribution >= 0.6 is 0 Å². The van der Waals surface area contributed by atoms with Gasteiger partial charge in [-0.25, -0.2) is 13.8 Å². The van der Waals surface area contributed by atoms with Crippen molar-refractivity contribution >= 4 is 27.8 Å². The Labute approximate surface area is 194 Å². The third kappa shape index (κ3) is 5.78. The molecule has 0 fully saturated rings. The number of methoxy groups -OCH3 is 1. The Kier molecular flexibility index (Phi) is 7.84. The van der Waals surface area contributed by atoms with Crippen molar-refractivity contribution in [3.8, 4) is 5.75 Å². The van der Waals surface area contributed by atoms with E-state index in [4.69, 9.17) is 4.74 Å². The fraction of sp³-hybridized carbons (Fsp3) is 0.200. The number of benzene rings is 3. The lowest BCUT2D eigenvalue weighted by Gasteiger charge is -2.25. The van der Waals surface area contributed by atoms with Gasteiger partial charge >= 0.3 is 0 Å². The molecule has 7 nitrogen and oxygen atoms in total. The quantitative estimate of drug-likeness (QED) is 0.383. The third-order valence-corrected chi connectivity index (χ3v) is 6.84. The molecule has 3 rings (SSSR count). The van der Waals surface area contributed by atoms with Crippen LogP contribution in [0.15, 0.2) is 82.8 Å². The summed E-state index contributed by atoms with van der Waals surface area (Å²) in [6.07, 6.45) is 2.07. The summed E-state index contributed by atoms with van der Waals surface area (Å²) in [5.74, 6) is 0.0405. The van der Waals surface area contributed by atoms with Gasteiger partial charge in [0.1, 0.15) is 12.3 Å². The van der Waals surface area contributed by atoms with Crippen LogP contribution in [-0.2, 0) is 21.2 Å². The molecule has 0 unspecified atom stereocenters. The average molecular weight is 466 g/mol. The van der Waals surface area contributed by atoms with Crippen molar-refractivity contribution in [1.29, 1.82) is 0 Å². The Hall–Kier alpha value is -3.65. The van der Waals surface area contributed by atoms with Gasteiger partial charge in [0.2, 0.25) is 0 Å². The van der Waals surface area contributed by atoms with Gasteiger partial charge < -0.3 is 4.74 Å². The standard InChI is InChI=1S/C25H27N3O4S/c1-4-20-9-5-7-11-23(20)28(33(30,31)22-15-13-19(2)14-16-22)18-25(29)27-26-17-21-10-6-8-12-24(21)32-3/h5-17H,4,18H2,1-3H3,(H,27,29)/b26-17-. The van der Waals surface area contributed by atoms with E-state index in [9.17, 15) is 13.2 Å². The molecule has 3 aromatic rings. The Morgan fingerprint density at radius 1 is 1.03 bits per heavy atom. The maximum absolute atomic E-state index is 13.5. The molecule has 0 aliphatic carbocycles. The first-order valence-corrected chi connectivity index (χ1v) is 11.9. The largest absolute Gasteiger partial charge is 0.496 e. The van der Waals surface area contributed by atoms with Crippen molar-refractivity contribution in [3.05, 3.63) is 89.5 Å². The lowest BCUT2D eigenvalue weighted by Crippen LogP contribution is -2.40. The van der Waals surface area contributed by atoms with E-state index >= 15 is 0 Å². The van der Waals surface area contributed by atoms with Crippen molar-refractivity contribution < 1.29 is 17.9 Å². The summed E-state index contributed by atoms with van der Waals surface area (Å²) in [6, 6.07) is 20.9. The van der Waals surface area contributed by atoms with E-state index in [0.29, 0.717) is 23.4 Å². The zero-order chi connectivity index (χ0) is 23.8. The number of hydrogen-bond donors (Lipinski definition) is 1. The zero-order valence-electron chi connectivity index (χ0n) is 18.9. The third-order valence-electron chi connectivity index (χ3n) is 5.07. The number of hydrogen-bond acceptors (Lipinski definition) is 5. The number of aryl methyl sites for hydroxylation is 2. The summed E-state index contributed by atoms with van der Waals surface area (Å²) in [6.45, 7) is 3.40. The molecule has 0 aliphatic rings. The fourth-order valence-corrected chi connectivity index (χ4v) is 4.76. The van der Waals surface area contributed by atoms with Crippen molar-refractivity contribution in [2.45, 2.75) is 25.2 Å². The Balaban J connectivity index is 1.89. The molecule has 0 aromatic heterocycles. The van der Waals surface area contributed by atoms with Crippen molar-refractivity contribution in [1.82, 2.24) is 5.43 Å². The monoisotopic (exact) mass is 465 g/mol. The second-order valence-electron chi connectivity index (χ2n) is 7.34. The highest BCUT2D eigenvalue weighted by Crippen LogP contribution is 2.27. The predicted octanol–water partition coefficient (Wildman–Crippen LogP) is 3.91. The van der Waals surface area contributed by atoms with E-state index in [1.165, 1.54) is 6.21 Å². The number of hydrazone groups is 1. The van der Waals surface area contributed by atoms with E-state index in [0.717, 1.165) is 15.4 Å². The van der Waals surface area contributed by atoms with Crippen LogP contribution in [0.1, 0.15) is 23.6 Å². The molecule has 33 heavy (non-hydrogen) atoms. The summed E-state index contributed by atoms with van der Waals surface area (Å²) < 4.78 is 33.4. The van der Waals surface area contributed by atoms with E-state index < -0.39 is 22.5 Å². The first-order chi connectivity index (χ1) is 15.9. The number of amides is 1. The Morgan fingerprint density at radius 2 is 1.70 bits per heavy atom. The Morgan fingerprint density at radius 3 is 2.39 bits per heavy atom. The molecule has 0 aliphatic heterocycles. The summed E-state index contributed by atoms with van der Waals surface area (Å²) in [5, 5.41) is 3.98. The van der Waals surface area contributed by atoms with Crippen LogP contribution in [0.5, 0.6) is 5.75 Å². The van der Waals surface area contributed by atoms with Crippen LogP contribution < -0.4 is 14.5 Å². The second kappa shape index (κ2) is 10.8. The van der Waals surface area contributed by atoms with Gasteiger partial charge in [0.05, 0.1) is 23.9 Å². The maximum atomic E-state index is 13.5. The minimum absolute atomic E-state index is 0.115. The first-order valence-electron chi connectivity index (χ1n) is 10.5. The molecule has 1 amide bonds. The summed E-state index contributed by atoms with van der Waals surface area (Å²) >= 11 is 0. The van der Waals surface area contributed by atoms with Crippen molar-refractivity contribution in [3.63, 3.8) is 0 Å². The number of sulfonamides is 1. The van der Waals surface area contributed by atoms with E-state index in [2.05, 4.69) is 10.5 Å². The van der Waals surface area contributed by atoms with Gasteiger partial charge in [0.15, 0.2) is 0 Å². The van der Waals surface area contributed by atoms with Gasteiger partial charge in [-0.15, -0.1) is 0 Å². The highest BCUT2D eigenvalue weighted by molar-refractivity contribution is 7.92. The lowest BCUT2D eigenvalue weighted by molar-refractivity contribution is -0.119. The summed E-state index contributed by atoms with van der Waals surface area (Å²) in [5.41, 5.74) is 5.33. The normalized spacial score (nSPS) is 11.4. The summed E-state index contributed by atoms with van der Waals surface area (Å²) in [7, 11) is -2.44. The molecule has 0 spiro atoms. The number of ether oxygens (including phenoxy) is 1. The first kappa shape index (κ1) is 24.0. The van der Waals surface area contributed by atoms with Gasteiger partial charge in [-0.05, 0) is 49.2 Å². The fourth-order valence-electron chi connectivity index (χ4n) is 3.30. The number of nitrogens with zero attached hydrogens (tertiary/aromatic N) is 2. The number of para-hydroxylation sites is 2. The predicted molar refractivity (Wildman–Crippen MR) is 130 cm³/mol. The minimum atomic E-state index is -3.99. The molecule has 172 valence electrons. The van der Waals surface area contributed by atoms with Crippen LogP contribution in [0.3, 0.4) is 0 Å². The summed E-state index contributed by atoms with van der Waals surface area (Å²) in [4.78, 5) is 12.9. The average Bonchev–Trinajstić information content (AvgIpc) is 2.83.